The minimum Gasteiger partial charge on any atom is -0.502 e. The van der Waals surface area contributed by atoms with Crippen molar-refractivity contribution in [1.82, 2.24) is 5.43 Å². The van der Waals surface area contributed by atoms with Gasteiger partial charge in [-0.25, -0.2) is 5.43 Å². The first-order valence-electron chi connectivity index (χ1n) is 7.35. The molecule has 0 bridgehead atoms. The number of fused-ring (bicyclic) bond motifs is 1. The van der Waals surface area contributed by atoms with E-state index in [0.717, 1.165) is 28.5 Å². The summed E-state index contributed by atoms with van der Waals surface area (Å²) in [5.74, 6) is -1.11. The van der Waals surface area contributed by atoms with Crippen molar-refractivity contribution in [1.29, 1.82) is 0 Å². The Morgan fingerprint density at radius 2 is 1.88 bits per heavy atom. The number of nitrogens with zero attached hydrogens (tertiary/aromatic N) is 2. The summed E-state index contributed by atoms with van der Waals surface area (Å²) in [7, 11) is 0. The zero-order chi connectivity index (χ0) is 17.8. The normalized spacial score (nSPS) is 10.9. The topological polar surface area (TPSA) is 105 Å². The standard InChI is InChI=1S/C18H13N3O4/c22-17-9-8-13(10-16(17)21(24)25)18(23)20-19-11-14-6-3-5-12-4-1-2-7-15(12)14/h1-11,22H,(H,20,23)/b19-11+. The van der Waals surface area contributed by atoms with Crippen LogP contribution in [-0.4, -0.2) is 22.2 Å². The maximum Gasteiger partial charge on any atom is 0.311 e. The molecule has 7 heteroatoms. The van der Waals surface area contributed by atoms with Gasteiger partial charge in [0, 0.05) is 17.2 Å². The number of hydrogen-bond acceptors (Lipinski definition) is 5. The average molecular weight is 335 g/mol. The van der Waals surface area contributed by atoms with Gasteiger partial charge in [-0.15, -0.1) is 0 Å². The predicted octanol–water partition coefficient (Wildman–Crippen LogP) is 3.22. The molecule has 3 aromatic rings. The maximum absolute atomic E-state index is 12.1. The van der Waals surface area contributed by atoms with Crippen molar-refractivity contribution in [3.8, 4) is 5.75 Å². The first kappa shape index (κ1) is 16.1. The van der Waals surface area contributed by atoms with Crippen LogP contribution < -0.4 is 5.43 Å². The Labute approximate surface area is 142 Å². The molecule has 0 radical (unpaired) electrons. The molecule has 3 rings (SSSR count). The number of amides is 1. The van der Waals surface area contributed by atoms with Crippen LogP contribution in [0, 0.1) is 10.1 Å². The van der Waals surface area contributed by atoms with Gasteiger partial charge in [0.25, 0.3) is 5.91 Å². The Kier molecular flexibility index (Phi) is 4.38. The Balaban J connectivity index is 1.79. The minimum atomic E-state index is -0.758. The summed E-state index contributed by atoms with van der Waals surface area (Å²) < 4.78 is 0. The van der Waals surface area contributed by atoms with Gasteiger partial charge in [0.2, 0.25) is 0 Å². The molecule has 2 N–H and O–H groups in total. The van der Waals surface area contributed by atoms with Gasteiger partial charge in [-0.2, -0.15) is 5.10 Å². The first-order valence-corrected chi connectivity index (χ1v) is 7.35. The zero-order valence-corrected chi connectivity index (χ0v) is 12.9. The Morgan fingerprint density at radius 1 is 1.12 bits per heavy atom. The fourth-order valence-corrected chi connectivity index (χ4v) is 2.40. The molecule has 3 aromatic carbocycles. The highest BCUT2D eigenvalue weighted by atomic mass is 16.6. The molecule has 0 heterocycles. The van der Waals surface area contributed by atoms with E-state index >= 15 is 0 Å². The first-order chi connectivity index (χ1) is 12.1. The van der Waals surface area contributed by atoms with Crippen LogP contribution in [0.3, 0.4) is 0 Å². The van der Waals surface area contributed by atoms with Crippen LogP contribution in [0.15, 0.2) is 65.8 Å². The number of carbonyl (C=O) groups is 1. The van der Waals surface area contributed by atoms with Gasteiger partial charge >= 0.3 is 5.69 Å². The zero-order valence-electron chi connectivity index (χ0n) is 12.9. The molecule has 0 unspecified atom stereocenters. The summed E-state index contributed by atoms with van der Waals surface area (Å²) in [4.78, 5) is 22.1. The quantitative estimate of drug-likeness (QED) is 0.434. The lowest BCUT2D eigenvalue weighted by atomic mass is 10.1. The van der Waals surface area contributed by atoms with Crippen molar-refractivity contribution < 1.29 is 14.8 Å². The summed E-state index contributed by atoms with van der Waals surface area (Å²) in [6.45, 7) is 0. The summed E-state index contributed by atoms with van der Waals surface area (Å²) in [5.41, 5.74) is 2.64. The number of carbonyl (C=O) groups excluding carboxylic acids is 1. The van der Waals surface area contributed by atoms with Crippen molar-refractivity contribution in [2.75, 3.05) is 0 Å². The van der Waals surface area contributed by atoms with Crippen molar-refractivity contribution in [3.63, 3.8) is 0 Å². The molecular formula is C18H13N3O4. The van der Waals surface area contributed by atoms with Crippen LogP contribution in [0.5, 0.6) is 5.75 Å². The van der Waals surface area contributed by atoms with E-state index in [1.165, 1.54) is 12.3 Å². The Bertz CT molecular complexity index is 993. The van der Waals surface area contributed by atoms with Crippen LogP contribution in [0.2, 0.25) is 0 Å². The number of hydrogen-bond donors (Lipinski definition) is 2. The smallest absolute Gasteiger partial charge is 0.311 e. The summed E-state index contributed by atoms with van der Waals surface area (Å²) in [6.07, 6.45) is 1.51. The van der Waals surface area contributed by atoms with Gasteiger partial charge in [-0.3, -0.25) is 14.9 Å². The highest BCUT2D eigenvalue weighted by Crippen LogP contribution is 2.26. The van der Waals surface area contributed by atoms with E-state index in [2.05, 4.69) is 10.5 Å². The lowest BCUT2D eigenvalue weighted by Crippen LogP contribution is -2.17. The van der Waals surface area contributed by atoms with Gasteiger partial charge < -0.3 is 5.11 Å². The number of benzene rings is 3. The van der Waals surface area contributed by atoms with Gasteiger partial charge in [0.15, 0.2) is 5.75 Å². The van der Waals surface area contributed by atoms with Crippen LogP contribution in [0.1, 0.15) is 15.9 Å². The summed E-state index contributed by atoms with van der Waals surface area (Å²) >= 11 is 0. The fraction of sp³-hybridized carbons (Fsp3) is 0. The minimum absolute atomic E-state index is 0.0274. The number of nitro groups is 1. The molecule has 0 aliphatic carbocycles. The van der Waals surface area contributed by atoms with Gasteiger partial charge in [0.05, 0.1) is 11.1 Å². The van der Waals surface area contributed by atoms with Crippen LogP contribution in [0.25, 0.3) is 10.8 Å². The third kappa shape index (κ3) is 3.45. The van der Waals surface area contributed by atoms with Gasteiger partial charge in [-0.1, -0.05) is 42.5 Å². The Morgan fingerprint density at radius 3 is 2.68 bits per heavy atom. The SMILES string of the molecule is O=C(N/N=C/c1cccc2ccccc12)c1ccc(O)c([N+](=O)[O-])c1. The van der Waals surface area contributed by atoms with E-state index in [-0.39, 0.29) is 5.56 Å². The number of aromatic hydroxyl groups is 1. The largest absolute Gasteiger partial charge is 0.502 e. The molecule has 25 heavy (non-hydrogen) atoms. The molecule has 0 aromatic heterocycles. The molecule has 0 aliphatic rings. The third-order valence-electron chi connectivity index (χ3n) is 3.63. The molecule has 0 spiro atoms. The van der Waals surface area contributed by atoms with E-state index < -0.39 is 22.3 Å². The van der Waals surface area contributed by atoms with E-state index in [1.807, 2.05) is 42.5 Å². The molecule has 0 atom stereocenters. The van der Waals surface area contributed by atoms with Crippen molar-refractivity contribution in [3.05, 3.63) is 81.9 Å². The highest BCUT2D eigenvalue weighted by molar-refractivity contribution is 6.00. The number of rotatable bonds is 4. The predicted molar refractivity (Wildman–Crippen MR) is 93.8 cm³/mol. The van der Waals surface area contributed by atoms with E-state index in [1.54, 1.807) is 0 Å². The third-order valence-corrected chi connectivity index (χ3v) is 3.63. The lowest BCUT2D eigenvalue weighted by molar-refractivity contribution is -0.385. The van der Waals surface area contributed by atoms with Crippen molar-refractivity contribution in [2.45, 2.75) is 0 Å². The maximum atomic E-state index is 12.1. The number of hydrazone groups is 1. The lowest BCUT2D eigenvalue weighted by Gasteiger charge is -2.03. The number of nitro benzene ring substituents is 1. The number of phenolic OH excluding ortho intramolecular Hbond substituents is 1. The van der Waals surface area contributed by atoms with E-state index in [4.69, 9.17) is 0 Å². The average Bonchev–Trinajstić information content (AvgIpc) is 2.62. The number of phenols is 1. The molecule has 0 fully saturated rings. The van der Waals surface area contributed by atoms with E-state index in [0.29, 0.717) is 0 Å². The molecule has 0 saturated heterocycles. The van der Waals surface area contributed by atoms with Gasteiger partial charge in [0.1, 0.15) is 0 Å². The second-order valence-corrected chi connectivity index (χ2v) is 5.23. The Hall–Kier alpha value is -3.74. The molecule has 7 nitrogen and oxygen atoms in total. The van der Waals surface area contributed by atoms with Crippen LogP contribution >= 0.6 is 0 Å². The molecule has 0 aliphatic heterocycles. The molecular weight excluding hydrogens is 322 g/mol. The molecule has 1 amide bonds. The van der Waals surface area contributed by atoms with Crippen molar-refractivity contribution in [2.24, 2.45) is 5.10 Å². The van der Waals surface area contributed by atoms with Gasteiger partial charge in [-0.05, 0) is 22.9 Å². The van der Waals surface area contributed by atoms with Crippen LogP contribution in [-0.2, 0) is 0 Å². The monoisotopic (exact) mass is 335 g/mol. The second-order valence-electron chi connectivity index (χ2n) is 5.23. The summed E-state index contributed by atoms with van der Waals surface area (Å²) in [6, 6.07) is 16.9. The fourth-order valence-electron chi connectivity index (χ4n) is 2.40. The second kappa shape index (κ2) is 6.79. The summed E-state index contributed by atoms with van der Waals surface area (Å²) in [5, 5.41) is 26.2. The molecule has 0 saturated carbocycles. The highest BCUT2D eigenvalue weighted by Gasteiger charge is 2.16. The van der Waals surface area contributed by atoms with Crippen LogP contribution in [0.4, 0.5) is 5.69 Å². The van der Waals surface area contributed by atoms with Crippen molar-refractivity contribution >= 4 is 28.6 Å². The molecule has 124 valence electrons. The number of nitrogens with one attached hydrogen (secondary N) is 1. The van der Waals surface area contributed by atoms with E-state index in [9.17, 15) is 20.0 Å².